The number of carbonyl (C=O) groups is 1. The van der Waals surface area contributed by atoms with E-state index in [1.165, 1.54) is 4.52 Å². The highest BCUT2D eigenvalue weighted by atomic mass is 79.9. The number of aromatic nitrogens is 3. The van der Waals surface area contributed by atoms with Gasteiger partial charge < -0.3 is 4.74 Å². The molecule has 0 saturated heterocycles. The molecule has 0 unspecified atom stereocenters. The van der Waals surface area contributed by atoms with E-state index in [9.17, 15) is 4.79 Å². The minimum Gasteiger partial charge on any atom is -0.461 e. The summed E-state index contributed by atoms with van der Waals surface area (Å²) in [5.74, 6) is -0.395. The zero-order valence-corrected chi connectivity index (χ0v) is 10.5. The molecule has 0 aliphatic rings. The van der Waals surface area contributed by atoms with E-state index in [0.717, 1.165) is 5.69 Å². The van der Waals surface area contributed by atoms with Gasteiger partial charge in [-0.1, -0.05) is 0 Å². The first-order chi connectivity index (χ1) is 7.61. The number of esters is 1. The second-order valence-corrected chi connectivity index (χ2v) is 4.05. The fourth-order valence-electron chi connectivity index (χ4n) is 1.42. The number of hydrogen-bond acceptors (Lipinski definition) is 4. The Morgan fingerprint density at radius 2 is 2.31 bits per heavy atom. The number of hydrogen-bond donors (Lipinski definition) is 0. The summed E-state index contributed by atoms with van der Waals surface area (Å²) in [6.07, 6.45) is 0. The number of ether oxygens (including phenoxy) is 1. The van der Waals surface area contributed by atoms with E-state index in [4.69, 9.17) is 4.74 Å². The molecule has 5 nitrogen and oxygen atoms in total. The van der Waals surface area contributed by atoms with Gasteiger partial charge in [-0.2, -0.15) is 5.10 Å². The molecule has 2 rings (SSSR count). The smallest absolute Gasteiger partial charge is 0.357 e. The summed E-state index contributed by atoms with van der Waals surface area (Å²) >= 11 is 3.25. The quantitative estimate of drug-likeness (QED) is 0.791. The molecule has 84 valence electrons. The maximum absolute atomic E-state index is 11.7. The lowest BCUT2D eigenvalue weighted by molar-refractivity contribution is 0.0516. The Labute approximate surface area is 101 Å². The SMILES string of the molecule is CCOC(=O)c1cc(C)nc2cc(Br)nn12. The number of halogens is 1. The van der Waals surface area contributed by atoms with Crippen molar-refractivity contribution in [3.8, 4) is 0 Å². The molecule has 2 heterocycles. The summed E-state index contributed by atoms with van der Waals surface area (Å²) in [6, 6.07) is 3.40. The number of rotatable bonds is 2. The second kappa shape index (κ2) is 4.21. The van der Waals surface area contributed by atoms with Crippen LogP contribution in [-0.4, -0.2) is 27.2 Å². The molecule has 2 aromatic heterocycles. The molecular formula is C10H10BrN3O2. The van der Waals surface area contributed by atoms with Crippen molar-refractivity contribution < 1.29 is 9.53 Å². The molecule has 6 heteroatoms. The predicted octanol–water partition coefficient (Wildman–Crippen LogP) is 1.98. The lowest BCUT2D eigenvalue weighted by Gasteiger charge is -2.04. The largest absolute Gasteiger partial charge is 0.461 e. The fraction of sp³-hybridized carbons (Fsp3) is 0.300. The van der Waals surface area contributed by atoms with E-state index < -0.39 is 5.97 Å². The van der Waals surface area contributed by atoms with Gasteiger partial charge in [0.2, 0.25) is 0 Å². The maximum atomic E-state index is 11.7. The van der Waals surface area contributed by atoms with Gasteiger partial charge in [0.25, 0.3) is 0 Å². The molecule has 0 radical (unpaired) electrons. The highest BCUT2D eigenvalue weighted by molar-refractivity contribution is 9.10. The van der Waals surface area contributed by atoms with Crippen LogP contribution in [0.4, 0.5) is 0 Å². The topological polar surface area (TPSA) is 56.5 Å². The van der Waals surface area contributed by atoms with E-state index in [1.54, 1.807) is 19.1 Å². The first kappa shape index (κ1) is 11.1. The molecular weight excluding hydrogens is 274 g/mol. The number of carbonyl (C=O) groups excluding carboxylic acids is 1. The van der Waals surface area contributed by atoms with E-state index >= 15 is 0 Å². The van der Waals surface area contributed by atoms with Crippen molar-refractivity contribution in [2.75, 3.05) is 6.61 Å². The normalized spacial score (nSPS) is 10.7. The molecule has 0 spiro atoms. The summed E-state index contributed by atoms with van der Waals surface area (Å²) in [5.41, 5.74) is 1.76. The molecule has 0 atom stereocenters. The fourth-order valence-corrected chi connectivity index (χ4v) is 1.79. The van der Waals surface area contributed by atoms with Gasteiger partial charge in [0, 0.05) is 11.8 Å². The molecule has 0 aromatic carbocycles. The number of fused-ring (bicyclic) bond motifs is 1. The number of aryl methyl sites for hydroxylation is 1. The first-order valence-electron chi connectivity index (χ1n) is 4.82. The highest BCUT2D eigenvalue weighted by Crippen LogP contribution is 2.14. The zero-order valence-electron chi connectivity index (χ0n) is 8.90. The van der Waals surface area contributed by atoms with Gasteiger partial charge in [-0.05, 0) is 35.8 Å². The molecule has 0 aliphatic heterocycles. The Morgan fingerprint density at radius 1 is 1.56 bits per heavy atom. The van der Waals surface area contributed by atoms with Crippen molar-refractivity contribution in [1.29, 1.82) is 0 Å². The molecule has 16 heavy (non-hydrogen) atoms. The van der Waals surface area contributed by atoms with Crippen LogP contribution in [0.15, 0.2) is 16.7 Å². The standard InChI is InChI=1S/C10H10BrN3O2/c1-3-16-10(15)7-4-6(2)12-9-5-8(11)13-14(7)9/h4-5H,3H2,1-2H3. The summed E-state index contributed by atoms with van der Waals surface area (Å²) in [5, 5.41) is 4.13. The molecule has 0 N–H and O–H groups in total. The van der Waals surface area contributed by atoms with Gasteiger partial charge in [0.15, 0.2) is 11.3 Å². The van der Waals surface area contributed by atoms with Gasteiger partial charge in [0.05, 0.1) is 6.61 Å². The average molecular weight is 284 g/mol. The van der Waals surface area contributed by atoms with E-state index in [2.05, 4.69) is 26.0 Å². The van der Waals surface area contributed by atoms with Crippen LogP contribution in [0.3, 0.4) is 0 Å². The van der Waals surface area contributed by atoms with Crippen molar-refractivity contribution in [1.82, 2.24) is 14.6 Å². The Bertz CT molecular complexity index is 550. The Morgan fingerprint density at radius 3 is 3.00 bits per heavy atom. The molecule has 0 aliphatic carbocycles. The van der Waals surface area contributed by atoms with Gasteiger partial charge in [-0.15, -0.1) is 0 Å². The van der Waals surface area contributed by atoms with Crippen molar-refractivity contribution in [2.24, 2.45) is 0 Å². The van der Waals surface area contributed by atoms with Crippen LogP contribution >= 0.6 is 15.9 Å². The molecule has 2 aromatic rings. The maximum Gasteiger partial charge on any atom is 0.357 e. The summed E-state index contributed by atoms with van der Waals surface area (Å²) in [4.78, 5) is 16.0. The minimum atomic E-state index is -0.395. The van der Waals surface area contributed by atoms with Gasteiger partial charge in [-0.25, -0.2) is 14.3 Å². The Kier molecular flexibility index (Phi) is 2.91. The van der Waals surface area contributed by atoms with Crippen molar-refractivity contribution in [3.05, 3.63) is 28.1 Å². The van der Waals surface area contributed by atoms with Crippen LogP contribution in [0.1, 0.15) is 23.1 Å². The number of nitrogens with zero attached hydrogens (tertiary/aromatic N) is 3. The third-order valence-electron chi connectivity index (χ3n) is 2.01. The van der Waals surface area contributed by atoms with Crippen LogP contribution in [0.25, 0.3) is 5.65 Å². The summed E-state index contributed by atoms with van der Waals surface area (Å²) in [6.45, 7) is 3.93. The summed E-state index contributed by atoms with van der Waals surface area (Å²) < 4.78 is 7.06. The molecule has 0 fully saturated rings. The molecule has 0 saturated carbocycles. The van der Waals surface area contributed by atoms with Crippen LogP contribution in [0.5, 0.6) is 0 Å². The highest BCUT2D eigenvalue weighted by Gasteiger charge is 2.14. The van der Waals surface area contributed by atoms with E-state index in [1.807, 2.05) is 6.92 Å². The van der Waals surface area contributed by atoms with Gasteiger partial charge in [0.1, 0.15) is 4.60 Å². The van der Waals surface area contributed by atoms with Crippen molar-refractivity contribution >= 4 is 27.5 Å². The summed E-state index contributed by atoms with van der Waals surface area (Å²) in [7, 11) is 0. The van der Waals surface area contributed by atoms with Crippen LogP contribution in [-0.2, 0) is 4.74 Å². The van der Waals surface area contributed by atoms with Gasteiger partial charge in [-0.3, -0.25) is 0 Å². The predicted molar refractivity (Wildman–Crippen MR) is 61.4 cm³/mol. The van der Waals surface area contributed by atoms with Crippen LogP contribution in [0.2, 0.25) is 0 Å². The Balaban J connectivity index is 2.62. The lowest BCUT2D eigenvalue weighted by Crippen LogP contribution is -2.12. The van der Waals surface area contributed by atoms with Gasteiger partial charge >= 0.3 is 5.97 Å². The minimum absolute atomic E-state index is 0.337. The molecule has 0 amide bonds. The van der Waals surface area contributed by atoms with E-state index in [-0.39, 0.29) is 0 Å². The second-order valence-electron chi connectivity index (χ2n) is 3.24. The van der Waals surface area contributed by atoms with Crippen LogP contribution in [0, 0.1) is 6.92 Å². The third kappa shape index (κ3) is 1.92. The zero-order chi connectivity index (χ0) is 11.7. The van der Waals surface area contributed by atoms with Crippen molar-refractivity contribution in [3.63, 3.8) is 0 Å². The third-order valence-corrected chi connectivity index (χ3v) is 2.40. The average Bonchev–Trinajstić information content (AvgIpc) is 2.57. The van der Waals surface area contributed by atoms with Crippen LogP contribution < -0.4 is 0 Å². The lowest BCUT2D eigenvalue weighted by atomic mass is 10.3. The van der Waals surface area contributed by atoms with E-state index in [0.29, 0.717) is 22.6 Å². The monoisotopic (exact) mass is 283 g/mol. The molecule has 0 bridgehead atoms. The Hall–Kier alpha value is -1.43. The van der Waals surface area contributed by atoms with Crippen molar-refractivity contribution in [2.45, 2.75) is 13.8 Å². The first-order valence-corrected chi connectivity index (χ1v) is 5.61.